The third-order valence-electron chi connectivity index (χ3n) is 2.19. The van der Waals surface area contributed by atoms with Gasteiger partial charge in [-0.2, -0.15) is 0 Å². The summed E-state index contributed by atoms with van der Waals surface area (Å²) in [5.74, 6) is -0.0366. The highest BCUT2D eigenvalue weighted by Crippen LogP contribution is 2.12. The Labute approximate surface area is 100 Å². The monoisotopic (exact) mass is 242 g/mol. The van der Waals surface area contributed by atoms with Gasteiger partial charge < -0.3 is 15.4 Å². The van der Waals surface area contributed by atoms with Crippen molar-refractivity contribution in [1.82, 2.24) is 4.90 Å². The summed E-state index contributed by atoms with van der Waals surface area (Å²) >= 11 is 1.64. The third-order valence-corrected chi connectivity index (χ3v) is 3.05. The van der Waals surface area contributed by atoms with Gasteiger partial charge in [-0.3, -0.25) is 4.79 Å². The number of nitrogens with zero attached hydrogens (tertiary/aromatic N) is 1. The molecule has 0 saturated carbocycles. The van der Waals surface area contributed by atoms with Gasteiger partial charge in [0.15, 0.2) is 0 Å². The molecule has 4 nitrogen and oxygen atoms in total. The normalized spacial score (nSPS) is 12.4. The van der Waals surface area contributed by atoms with E-state index < -0.39 is 6.04 Å². The van der Waals surface area contributed by atoms with E-state index in [1.54, 1.807) is 30.3 Å². The second kappa shape index (κ2) is 6.62. The predicted octanol–water partition coefficient (Wildman–Crippen LogP) is 1.07. The molecule has 1 atom stereocenters. The highest BCUT2D eigenvalue weighted by atomic mass is 32.1. The Kier molecular flexibility index (Phi) is 5.45. The third kappa shape index (κ3) is 3.92. The van der Waals surface area contributed by atoms with Gasteiger partial charge in [0.2, 0.25) is 5.91 Å². The Morgan fingerprint density at radius 3 is 2.94 bits per heavy atom. The van der Waals surface area contributed by atoms with Crippen molar-refractivity contribution < 1.29 is 9.53 Å². The molecular formula is C11H18N2O2S. The highest BCUT2D eigenvalue weighted by Gasteiger charge is 2.17. The molecule has 0 aliphatic carbocycles. The Morgan fingerprint density at radius 1 is 1.69 bits per heavy atom. The number of ether oxygens (including phenoxy) is 1. The lowest BCUT2D eigenvalue weighted by molar-refractivity contribution is -0.133. The van der Waals surface area contributed by atoms with Gasteiger partial charge in [0.25, 0.3) is 0 Å². The van der Waals surface area contributed by atoms with E-state index in [-0.39, 0.29) is 5.91 Å². The fraction of sp³-hybridized carbons (Fsp3) is 0.545. The van der Waals surface area contributed by atoms with Crippen molar-refractivity contribution in [1.29, 1.82) is 0 Å². The summed E-state index contributed by atoms with van der Waals surface area (Å²) in [5.41, 5.74) is 5.61. The van der Waals surface area contributed by atoms with Gasteiger partial charge in [-0.25, -0.2) is 0 Å². The molecule has 0 bridgehead atoms. The molecule has 90 valence electrons. The molecule has 16 heavy (non-hydrogen) atoms. The number of methoxy groups -OCH3 is 1. The van der Waals surface area contributed by atoms with Gasteiger partial charge in [-0.15, -0.1) is 11.3 Å². The van der Waals surface area contributed by atoms with Gasteiger partial charge in [0, 0.05) is 18.5 Å². The number of rotatable bonds is 6. The Hall–Kier alpha value is -0.910. The Bertz CT molecular complexity index is 312. The van der Waals surface area contributed by atoms with Crippen LogP contribution in [0.4, 0.5) is 0 Å². The van der Waals surface area contributed by atoms with E-state index in [2.05, 4.69) is 0 Å². The van der Waals surface area contributed by atoms with Crippen molar-refractivity contribution >= 4 is 17.2 Å². The van der Waals surface area contributed by atoms with E-state index in [1.807, 2.05) is 17.5 Å². The van der Waals surface area contributed by atoms with Gasteiger partial charge in [-0.05, 0) is 18.4 Å². The minimum atomic E-state index is -0.461. The first-order valence-electron chi connectivity index (χ1n) is 5.21. The molecule has 0 aromatic carbocycles. The van der Waals surface area contributed by atoms with E-state index in [0.29, 0.717) is 19.7 Å². The molecule has 0 saturated heterocycles. The fourth-order valence-electron chi connectivity index (χ4n) is 1.35. The van der Waals surface area contributed by atoms with E-state index in [0.717, 1.165) is 4.88 Å². The largest absolute Gasteiger partial charge is 0.383 e. The zero-order valence-electron chi connectivity index (χ0n) is 9.68. The van der Waals surface area contributed by atoms with Crippen molar-refractivity contribution in [2.75, 3.05) is 20.3 Å². The van der Waals surface area contributed by atoms with Crippen molar-refractivity contribution in [2.24, 2.45) is 5.73 Å². The molecule has 1 aromatic heterocycles. The highest BCUT2D eigenvalue weighted by molar-refractivity contribution is 7.09. The maximum absolute atomic E-state index is 11.8. The molecule has 5 heteroatoms. The van der Waals surface area contributed by atoms with Crippen LogP contribution in [0.3, 0.4) is 0 Å². The molecule has 1 aromatic rings. The average Bonchev–Trinajstić information content (AvgIpc) is 2.75. The maximum Gasteiger partial charge on any atom is 0.239 e. The van der Waals surface area contributed by atoms with Crippen LogP contribution in [0.2, 0.25) is 0 Å². The van der Waals surface area contributed by atoms with Crippen LogP contribution in [0.1, 0.15) is 11.8 Å². The number of hydrogen-bond acceptors (Lipinski definition) is 4. The molecule has 0 aliphatic rings. The zero-order chi connectivity index (χ0) is 12.0. The molecule has 0 unspecified atom stereocenters. The lowest BCUT2D eigenvalue weighted by Gasteiger charge is -2.23. The summed E-state index contributed by atoms with van der Waals surface area (Å²) in [5, 5.41) is 2.00. The number of nitrogens with two attached hydrogens (primary N) is 1. The van der Waals surface area contributed by atoms with Crippen LogP contribution < -0.4 is 5.73 Å². The van der Waals surface area contributed by atoms with Gasteiger partial charge in [0.1, 0.15) is 0 Å². The van der Waals surface area contributed by atoms with Crippen LogP contribution in [0.15, 0.2) is 17.5 Å². The topological polar surface area (TPSA) is 55.6 Å². The van der Waals surface area contributed by atoms with E-state index >= 15 is 0 Å². The molecule has 0 fully saturated rings. The number of amides is 1. The maximum atomic E-state index is 11.8. The molecule has 0 radical (unpaired) electrons. The van der Waals surface area contributed by atoms with Crippen molar-refractivity contribution in [2.45, 2.75) is 19.5 Å². The van der Waals surface area contributed by atoms with Gasteiger partial charge in [-0.1, -0.05) is 6.07 Å². The second-order valence-electron chi connectivity index (χ2n) is 3.62. The molecule has 0 aliphatic heterocycles. The first kappa shape index (κ1) is 13.2. The smallest absolute Gasteiger partial charge is 0.239 e. The number of hydrogen-bond donors (Lipinski definition) is 1. The Morgan fingerprint density at radius 2 is 2.44 bits per heavy atom. The van der Waals surface area contributed by atoms with Crippen LogP contribution in [0.5, 0.6) is 0 Å². The summed E-state index contributed by atoms with van der Waals surface area (Å²) in [6, 6.07) is 3.53. The number of thiophene rings is 1. The average molecular weight is 242 g/mol. The standard InChI is InChI=1S/C11H18N2O2S/c1-9(12)11(14)13(5-6-15-2)8-10-4-3-7-16-10/h3-4,7,9H,5-6,8,12H2,1-2H3/t9-/m1/s1. The SMILES string of the molecule is COCCN(Cc1cccs1)C(=O)[C@@H](C)N. The summed E-state index contributed by atoms with van der Waals surface area (Å²) in [6.07, 6.45) is 0. The molecule has 0 spiro atoms. The second-order valence-corrected chi connectivity index (χ2v) is 4.65. The molecule has 2 N–H and O–H groups in total. The minimum Gasteiger partial charge on any atom is -0.383 e. The van der Waals surface area contributed by atoms with Gasteiger partial charge in [0.05, 0.1) is 19.2 Å². The number of carbonyl (C=O) groups excluding carboxylic acids is 1. The van der Waals surface area contributed by atoms with Crippen LogP contribution >= 0.6 is 11.3 Å². The summed E-state index contributed by atoms with van der Waals surface area (Å²) in [4.78, 5) is 14.7. The van der Waals surface area contributed by atoms with Crippen LogP contribution in [0.25, 0.3) is 0 Å². The van der Waals surface area contributed by atoms with Crippen molar-refractivity contribution in [3.05, 3.63) is 22.4 Å². The van der Waals surface area contributed by atoms with Crippen molar-refractivity contribution in [3.63, 3.8) is 0 Å². The van der Waals surface area contributed by atoms with E-state index in [4.69, 9.17) is 10.5 Å². The predicted molar refractivity (Wildman–Crippen MR) is 65.3 cm³/mol. The first-order valence-corrected chi connectivity index (χ1v) is 6.08. The van der Waals surface area contributed by atoms with Crippen LogP contribution in [0, 0.1) is 0 Å². The van der Waals surface area contributed by atoms with Crippen molar-refractivity contribution in [3.8, 4) is 0 Å². The zero-order valence-corrected chi connectivity index (χ0v) is 10.5. The Balaban J connectivity index is 2.60. The van der Waals surface area contributed by atoms with Crippen LogP contribution in [-0.2, 0) is 16.1 Å². The summed E-state index contributed by atoms with van der Waals surface area (Å²) in [6.45, 7) is 3.43. The summed E-state index contributed by atoms with van der Waals surface area (Å²) in [7, 11) is 1.62. The fourth-order valence-corrected chi connectivity index (χ4v) is 2.07. The lowest BCUT2D eigenvalue weighted by atomic mass is 10.3. The lowest BCUT2D eigenvalue weighted by Crippen LogP contribution is -2.42. The number of carbonyl (C=O) groups is 1. The minimum absolute atomic E-state index is 0.0366. The molecule has 1 rings (SSSR count). The van der Waals surface area contributed by atoms with Crippen LogP contribution in [-0.4, -0.2) is 37.1 Å². The van der Waals surface area contributed by atoms with E-state index in [9.17, 15) is 4.79 Å². The molecule has 1 amide bonds. The first-order chi connectivity index (χ1) is 7.65. The molecule has 1 heterocycles. The van der Waals surface area contributed by atoms with Gasteiger partial charge >= 0.3 is 0 Å². The van der Waals surface area contributed by atoms with E-state index in [1.165, 1.54) is 0 Å². The quantitative estimate of drug-likeness (QED) is 0.812. The molecular weight excluding hydrogens is 224 g/mol. The summed E-state index contributed by atoms with van der Waals surface area (Å²) < 4.78 is 4.99.